The van der Waals surface area contributed by atoms with Gasteiger partial charge in [0.25, 0.3) is 5.91 Å². The van der Waals surface area contributed by atoms with Gasteiger partial charge in [-0.15, -0.1) is 0 Å². The number of hydrogen-bond donors (Lipinski definition) is 2. The highest BCUT2D eigenvalue weighted by atomic mass is 32.2. The van der Waals surface area contributed by atoms with E-state index in [9.17, 15) is 28.4 Å². The fraction of sp³-hybridized carbons (Fsp3) is 0.263. The molecule has 1 aliphatic heterocycles. The van der Waals surface area contributed by atoms with E-state index in [1.165, 1.54) is 41.7 Å². The van der Waals surface area contributed by atoms with E-state index in [1.807, 2.05) is 0 Å². The predicted octanol–water partition coefficient (Wildman–Crippen LogP) is 1.86. The maximum Gasteiger partial charge on any atom is 0.315 e. The standard InChI is InChI=1S/C19H20N4O7S/c1-30-17-10-13(9-16(18(17)24)23(26)27)12-20-21-19(25)14-5-4-6-15(11-14)31(28,29)22-7-2-3-8-22/h4-6,9-12,24H,2-3,7-8H2,1H3,(H,21,25)/b20-12+. The average molecular weight is 448 g/mol. The fourth-order valence-corrected chi connectivity index (χ4v) is 4.65. The van der Waals surface area contributed by atoms with Crippen LogP contribution in [0.5, 0.6) is 11.5 Å². The van der Waals surface area contributed by atoms with Gasteiger partial charge >= 0.3 is 5.69 Å². The van der Waals surface area contributed by atoms with E-state index in [0.717, 1.165) is 25.1 Å². The highest BCUT2D eigenvalue weighted by Crippen LogP contribution is 2.36. The number of hydrogen-bond acceptors (Lipinski definition) is 8. The molecule has 1 saturated heterocycles. The second kappa shape index (κ2) is 9.10. The number of nitro benzene ring substituents is 1. The molecule has 164 valence electrons. The van der Waals surface area contributed by atoms with Crippen LogP contribution in [0.1, 0.15) is 28.8 Å². The van der Waals surface area contributed by atoms with Gasteiger partial charge in [-0.1, -0.05) is 6.07 Å². The van der Waals surface area contributed by atoms with Crippen LogP contribution in [-0.4, -0.2) is 55.1 Å². The molecule has 0 atom stereocenters. The smallest absolute Gasteiger partial charge is 0.315 e. The topological polar surface area (TPSA) is 151 Å². The van der Waals surface area contributed by atoms with E-state index in [2.05, 4.69) is 10.5 Å². The summed E-state index contributed by atoms with van der Waals surface area (Å²) in [5, 5.41) is 24.6. The summed E-state index contributed by atoms with van der Waals surface area (Å²) in [6.45, 7) is 0.899. The first kappa shape index (κ1) is 22.2. The number of phenols is 1. The lowest BCUT2D eigenvalue weighted by molar-refractivity contribution is -0.386. The zero-order chi connectivity index (χ0) is 22.6. The first-order chi connectivity index (χ1) is 14.7. The van der Waals surface area contributed by atoms with Crippen molar-refractivity contribution >= 4 is 27.8 Å². The van der Waals surface area contributed by atoms with Gasteiger partial charge in [0.05, 0.1) is 23.1 Å². The molecule has 11 nitrogen and oxygen atoms in total. The number of amides is 1. The maximum atomic E-state index is 12.7. The van der Waals surface area contributed by atoms with E-state index < -0.39 is 32.3 Å². The fourth-order valence-electron chi connectivity index (χ4n) is 3.09. The minimum absolute atomic E-state index is 0.0184. The molecule has 2 aromatic rings. The normalized spacial score (nSPS) is 14.6. The number of ether oxygens (including phenoxy) is 1. The third-order valence-corrected chi connectivity index (χ3v) is 6.57. The summed E-state index contributed by atoms with van der Waals surface area (Å²) in [7, 11) is -2.43. The second-order valence-electron chi connectivity index (χ2n) is 6.69. The van der Waals surface area contributed by atoms with Crippen molar-refractivity contribution in [3.8, 4) is 11.5 Å². The van der Waals surface area contributed by atoms with Gasteiger partial charge in [0.2, 0.25) is 15.8 Å². The molecule has 1 heterocycles. The van der Waals surface area contributed by atoms with Gasteiger partial charge in [0, 0.05) is 30.3 Å². The SMILES string of the molecule is COc1cc(/C=N/NC(=O)c2cccc(S(=O)(=O)N3CCCC3)c2)cc([N+](=O)[O-])c1O. The number of nitrogens with one attached hydrogen (secondary N) is 1. The molecular formula is C19H20N4O7S. The summed E-state index contributed by atoms with van der Waals surface area (Å²) in [5.74, 6) is -1.40. The molecule has 1 aliphatic rings. The summed E-state index contributed by atoms with van der Waals surface area (Å²) < 4.78 is 31.6. The highest BCUT2D eigenvalue weighted by Gasteiger charge is 2.27. The number of carbonyl (C=O) groups excluding carboxylic acids is 1. The molecule has 0 aliphatic carbocycles. The number of nitrogens with zero attached hydrogens (tertiary/aromatic N) is 3. The number of benzene rings is 2. The molecule has 0 spiro atoms. The molecule has 0 radical (unpaired) electrons. The molecule has 2 aromatic carbocycles. The monoisotopic (exact) mass is 448 g/mol. The zero-order valence-electron chi connectivity index (χ0n) is 16.5. The quantitative estimate of drug-likeness (QED) is 0.372. The van der Waals surface area contributed by atoms with E-state index in [0.29, 0.717) is 13.1 Å². The largest absolute Gasteiger partial charge is 0.500 e. The molecular weight excluding hydrogens is 428 g/mol. The Labute approximate surface area is 178 Å². The lowest BCUT2D eigenvalue weighted by Gasteiger charge is -2.15. The number of rotatable bonds is 7. The summed E-state index contributed by atoms with van der Waals surface area (Å²) >= 11 is 0. The first-order valence-corrected chi connectivity index (χ1v) is 10.7. The maximum absolute atomic E-state index is 12.7. The van der Waals surface area contributed by atoms with Crippen LogP contribution < -0.4 is 10.2 Å². The Hall–Kier alpha value is -3.51. The van der Waals surface area contributed by atoms with Crippen LogP contribution in [0.3, 0.4) is 0 Å². The van der Waals surface area contributed by atoms with Crippen molar-refractivity contribution in [2.75, 3.05) is 20.2 Å². The van der Waals surface area contributed by atoms with E-state index in [1.54, 1.807) is 0 Å². The Morgan fingerprint density at radius 1 is 1.29 bits per heavy atom. The van der Waals surface area contributed by atoms with Crippen LogP contribution in [0.2, 0.25) is 0 Å². The lowest BCUT2D eigenvalue weighted by Crippen LogP contribution is -2.28. The van der Waals surface area contributed by atoms with Crippen molar-refractivity contribution in [1.29, 1.82) is 0 Å². The molecule has 1 amide bonds. The number of hydrazone groups is 1. The molecule has 31 heavy (non-hydrogen) atoms. The van der Waals surface area contributed by atoms with Crippen molar-refractivity contribution in [2.45, 2.75) is 17.7 Å². The van der Waals surface area contributed by atoms with Gasteiger partial charge in [-0.3, -0.25) is 14.9 Å². The molecule has 3 rings (SSSR count). The average Bonchev–Trinajstić information content (AvgIpc) is 3.30. The Balaban J connectivity index is 1.76. The Morgan fingerprint density at radius 2 is 2.00 bits per heavy atom. The van der Waals surface area contributed by atoms with Gasteiger partial charge in [0.15, 0.2) is 5.75 Å². The number of phenolic OH excluding ortho intramolecular Hbond substituents is 1. The lowest BCUT2D eigenvalue weighted by atomic mass is 10.2. The molecule has 0 bridgehead atoms. The Kier molecular flexibility index (Phi) is 6.51. The Bertz CT molecular complexity index is 1140. The van der Waals surface area contributed by atoms with E-state index in [-0.39, 0.29) is 21.8 Å². The van der Waals surface area contributed by atoms with Crippen molar-refractivity contribution in [3.63, 3.8) is 0 Å². The second-order valence-corrected chi connectivity index (χ2v) is 8.62. The van der Waals surface area contributed by atoms with Crippen LogP contribution in [0.4, 0.5) is 5.69 Å². The molecule has 2 N–H and O–H groups in total. The van der Waals surface area contributed by atoms with Gasteiger partial charge in [-0.2, -0.15) is 9.41 Å². The van der Waals surface area contributed by atoms with Crippen molar-refractivity contribution in [1.82, 2.24) is 9.73 Å². The number of aromatic hydroxyl groups is 1. The summed E-state index contributed by atoms with van der Waals surface area (Å²) in [6.07, 6.45) is 2.74. The molecule has 1 fully saturated rings. The summed E-state index contributed by atoms with van der Waals surface area (Å²) in [5.41, 5.74) is 1.96. The number of carbonyl (C=O) groups is 1. The van der Waals surface area contributed by atoms with Crippen molar-refractivity contribution in [3.05, 3.63) is 57.6 Å². The van der Waals surface area contributed by atoms with Crippen LogP contribution in [0, 0.1) is 10.1 Å². The zero-order valence-corrected chi connectivity index (χ0v) is 17.3. The van der Waals surface area contributed by atoms with E-state index in [4.69, 9.17) is 4.74 Å². The minimum atomic E-state index is -3.67. The van der Waals surface area contributed by atoms with Gasteiger partial charge < -0.3 is 9.84 Å². The summed E-state index contributed by atoms with van der Waals surface area (Å²) in [4.78, 5) is 22.7. The van der Waals surface area contributed by atoms with Gasteiger partial charge in [-0.05, 0) is 37.1 Å². The molecule has 0 aromatic heterocycles. The Morgan fingerprint density at radius 3 is 2.65 bits per heavy atom. The van der Waals surface area contributed by atoms with Crippen LogP contribution >= 0.6 is 0 Å². The molecule has 12 heteroatoms. The first-order valence-electron chi connectivity index (χ1n) is 9.23. The number of nitro groups is 1. The van der Waals surface area contributed by atoms with Crippen LogP contribution in [0.15, 0.2) is 46.4 Å². The van der Waals surface area contributed by atoms with Crippen molar-refractivity contribution in [2.24, 2.45) is 5.10 Å². The highest BCUT2D eigenvalue weighted by molar-refractivity contribution is 7.89. The molecule has 0 saturated carbocycles. The number of methoxy groups -OCH3 is 1. The van der Waals surface area contributed by atoms with Crippen LogP contribution in [0.25, 0.3) is 0 Å². The van der Waals surface area contributed by atoms with Crippen LogP contribution in [-0.2, 0) is 10.0 Å². The van der Waals surface area contributed by atoms with Gasteiger partial charge in [0.1, 0.15) is 0 Å². The summed E-state index contributed by atoms with van der Waals surface area (Å²) in [6, 6.07) is 7.98. The van der Waals surface area contributed by atoms with Crippen molar-refractivity contribution < 1.29 is 28.0 Å². The predicted molar refractivity (Wildman–Crippen MR) is 111 cm³/mol. The van der Waals surface area contributed by atoms with Gasteiger partial charge in [-0.25, -0.2) is 13.8 Å². The minimum Gasteiger partial charge on any atom is -0.500 e. The molecule has 0 unspecified atom stereocenters. The third-order valence-electron chi connectivity index (χ3n) is 4.67. The number of sulfonamides is 1. The van der Waals surface area contributed by atoms with E-state index >= 15 is 0 Å². The third kappa shape index (κ3) is 4.81.